The zero-order valence-corrected chi connectivity index (χ0v) is 10.6. The second kappa shape index (κ2) is 4.47. The van der Waals surface area contributed by atoms with Crippen molar-refractivity contribution in [2.75, 3.05) is 17.2 Å². The Balaban J connectivity index is 1.97. The molecule has 0 bridgehead atoms. The maximum Gasteiger partial charge on any atom is 0.232 e. The lowest BCUT2D eigenvalue weighted by Crippen LogP contribution is -2.41. The Morgan fingerprint density at radius 3 is 2.58 bits per heavy atom. The molecule has 19 heavy (non-hydrogen) atoms. The molecular formula is C14H16F2N2O. The van der Waals surface area contributed by atoms with E-state index < -0.39 is 17.0 Å². The van der Waals surface area contributed by atoms with Gasteiger partial charge < -0.3 is 10.6 Å². The first kappa shape index (κ1) is 12.4. The topological polar surface area (TPSA) is 41.1 Å². The molecule has 1 aromatic carbocycles. The summed E-state index contributed by atoms with van der Waals surface area (Å²) in [5.74, 6) is -1.91. The van der Waals surface area contributed by atoms with Crippen LogP contribution in [0.1, 0.15) is 32.1 Å². The molecule has 3 rings (SSSR count). The van der Waals surface area contributed by atoms with Crippen molar-refractivity contribution in [1.82, 2.24) is 0 Å². The third kappa shape index (κ3) is 1.97. The van der Waals surface area contributed by atoms with E-state index in [1.54, 1.807) is 0 Å². The summed E-state index contributed by atoms with van der Waals surface area (Å²) in [5.41, 5.74) is -0.0950. The number of nitrogens with one attached hydrogen (secondary N) is 2. The van der Waals surface area contributed by atoms with E-state index in [4.69, 9.17) is 0 Å². The first-order valence-electron chi connectivity index (χ1n) is 6.66. The molecule has 5 heteroatoms. The molecule has 1 aromatic rings. The summed E-state index contributed by atoms with van der Waals surface area (Å²) in [7, 11) is 0. The second-order valence-electron chi connectivity index (χ2n) is 5.43. The van der Waals surface area contributed by atoms with Crippen LogP contribution in [0.15, 0.2) is 12.1 Å². The average molecular weight is 266 g/mol. The molecular weight excluding hydrogens is 250 g/mol. The van der Waals surface area contributed by atoms with Crippen molar-refractivity contribution in [3.05, 3.63) is 23.8 Å². The normalized spacial score (nSPS) is 21.3. The molecule has 1 aliphatic heterocycles. The highest BCUT2D eigenvalue weighted by molar-refractivity contribution is 6.00. The van der Waals surface area contributed by atoms with E-state index in [1.807, 2.05) is 0 Å². The predicted octanol–water partition coefficient (Wildman–Crippen LogP) is 3.28. The van der Waals surface area contributed by atoms with Gasteiger partial charge in [-0.1, -0.05) is 19.3 Å². The molecule has 3 nitrogen and oxygen atoms in total. The summed E-state index contributed by atoms with van der Waals surface area (Å²) >= 11 is 0. The molecule has 1 spiro atoms. The van der Waals surface area contributed by atoms with Crippen LogP contribution in [0, 0.1) is 17.0 Å². The van der Waals surface area contributed by atoms with Crippen LogP contribution >= 0.6 is 0 Å². The lowest BCUT2D eigenvalue weighted by atomic mass is 9.73. The van der Waals surface area contributed by atoms with Crippen LogP contribution in [-0.4, -0.2) is 12.5 Å². The van der Waals surface area contributed by atoms with Gasteiger partial charge in [-0.2, -0.15) is 0 Å². The lowest BCUT2D eigenvalue weighted by molar-refractivity contribution is -0.126. The summed E-state index contributed by atoms with van der Waals surface area (Å²) in [5, 5.41) is 5.67. The smallest absolute Gasteiger partial charge is 0.232 e. The summed E-state index contributed by atoms with van der Waals surface area (Å²) in [6, 6.07) is 2.44. The number of rotatable bonds is 0. The van der Waals surface area contributed by atoms with Crippen LogP contribution in [0.2, 0.25) is 0 Å². The van der Waals surface area contributed by atoms with Crippen molar-refractivity contribution in [2.45, 2.75) is 32.1 Å². The molecule has 0 saturated heterocycles. The van der Waals surface area contributed by atoms with Crippen molar-refractivity contribution < 1.29 is 13.6 Å². The Bertz CT molecular complexity index is 524. The van der Waals surface area contributed by atoms with E-state index >= 15 is 0 Å². The summed E-state index contributed by atoms with van der Waals surface area (Å²) in [4.78, 5) is 12.4. The molecule has 2 aliphatic rings. The molecule has 1 saturated carbocycles. The molecule has 1 aliphatic carbocycles. The minimum Gasteiger partial charge on any atom is -0.380 e. The molecule has 102 valence electrons. The van der Waals surface area contributed by atoms with Gasteiger partial charge in [-0.3, -0.25) is 4.79 Å². The number of carbonyl (C=O) groups is 1. The van der Waals surface area contributed by atoms with Crippen LogP contribution in [0.4, 0.5) is 20.2 Å². The number of hydrogen-bond acceptors (Lipinski definition) is 2. The first-order chi connectivity index (χ1) is 9.12. The summed E-state index contributed by atoms with van der Waals surface area (Å²) < 4.78 is 27.0. The number of amides is 1. The van der Waals surface area contributed by atoms with Crippen molar-refractivity contribution in [1.29, 1.82) is 0 Å². The highest BCUT2D eigenvalue weighted by Gasteiger charge is 2.41. The van der Waals surface area contributed by atoms with Gasteiger partial charge in [-0.25, -0.2) is 8.78 Å². The Morgan fingerprint density at radius 1 is 1.11 bits per heavy atom. The maximum absolute atomic E-state index is 13.8. The van der Waals surface area contributed by atoms with Gasteiger partial charge in [0.1, 0.15) is 0 Å². The summed E-state index contributed by atoms with van der Waals surface area (Å²) in [6.45, 7) is 0.367. The van der Waals surface area contributed by atoms with Crippen LogP contribution in [-0.2, 0) is 4.79 Å². The van der Waals surface area contributed by atoms with Crippen molar-refractivity contribution >= 4 is 17.3 Å². The fourth-order valence-corrected chi connectivity index (χ4v) is 3.05. The Labute approximate surface area is 110 Å². The van der Waals surface area contributed by atoms with Crippen molar-refractivity contribution in [3.63, 3.8) is 0 Å². The minimum absolute atomic E-state index is 0.0656. The molecule has 1 heterocycles. The van der Waals surface area contributed by atoms with E-state index in [0.717, 1.165) is 38.2 Å². The number of fused-ring (bicyclic) bond motifs is 1. The first-order valence-corrected chi connectivity index (χ1v) is 6.66. The third-order valence-corrected chi connectivity index (χ3v) is 4.24. The van der Waals surface area contributed by atoms with E-state index in [0.29, 0.717) is 12.2 Å². The predicted molar refractivity (Wildman–Crippen MR) is 69.0 cm³/mol. The lowest BCUT2D eigenvalue weighted by Gasteiger charge is -2.34. The van der Waals surface area contributed by atoms with Gasteiger partial charge in [0.05, 0.1) is 16.8 Å². The number of halogens is 2. The molecule has 1 amide bonds. The second-order valence-corrected chi connectivity index (χ2v) is 5.43. The SMILES string of the molecule is O=C1Nc2ccc(F)c(F)c2NCC12CCCCC2. The maximum atomic E-state index is 13.8. The molecule has 2 N–H and O–H groups in total. The van der Waals surface area contributed by atoms with Gasteiger partial charge in [0.25, 0.3) is 0 Å². The Kier molecular flexibility index (Phi) is 2.92. The highest BCUT2D eigenvalue weighted by atomic mass is 19.2. The monoisotopic (exact) mass is 266 g/mol. The van der Waals surface area contributed by atoms with E-state index in [1.165, 1.54) is 6.07 Å². The molecule has 0 atom stereocenters. The third-order valence-electron chi connectivity index (χ3n) is 4.24. The Morgan fingerprint density at radius 2 is 1.84 bits per heavy atom. The zero-order valence-electron chi connectivity index (χ0n) is 10.6. The fourth-order valence-electron chi connectivity index (χ4n) is 3.05. The quantitative estimate of drug-likeness (QED) is 0.756. The zero-order chi connectivity index (χ0) is 13.5. The standard InChI is InChI=1S/C14H16F2N2O/c15-9-4-5-10-12(11(9)16)17-8-14(13(19)18-10)6-2-1-3-7-14/h4-5,17H,1-3,6-8H2,(H,18,19). The van der Waals surface area contributed by atoms with Crippen LogP contribution in [0.5, 0.6) is 0 Å². The van der Waals surface area contributed by atoms with Gasteiger partial charge in [0.2, 0.25) is 5.91 Å². The summed E-state index contributed by atoms with van der Waals surface area (Å²) in [6.07, 6.45) is 4.73. The molecule has 0 unspecified atom stereocenters. The Hall–Kier alpha value is -1.65. The number of hydrogen-bond donors (Lipinski definition) is 2. The minimum atomic E-state index is -0.925. The van der Waals surface area contributed by atoms with E-state index in [-0.39, 0.29) is 11.6 Å². The van der Waals surface area contributed by atoms with Gasteiger partial charge in [-0.05, 0) is 25.0 Å². The van der Waals surface area contributed by atoms with Crippen LogP contribution in [0.25, 0.3) is 0 Å². The molecule has 0 radical (unpaired) electrons. The van der Waals surface area contributed by atoms with E-state index in [2.05, 4.69) is 10.6 Å². The number of carbonyl (C=O) groups excluding carboxylic acids is 1. The molecule has 1 fully saturated rings. The number of benzene rings is 1. The van der Waals surface area contributed by atoms with Crippen LogP contribution in [0.3, 0.4) is 0 Å². The van der Waals surface area contributed by atoms with E-state index in [9.17, 15) is 13.6 Å². The van der Waals surface area contributed by atoms with Crippen molar-refractivity contribution in [3.8, 4) is 0 Å². The number of anilines is 2. The van der Waals surface area contributed by atoms with Crippen molar-refractivity contribution in [2.24, 2.45) is 5.41 Å². The van der Waals surface area contributed by atoms with Gasteiger partial charge in [0.15, 0.2) is 11.6 Å². The fraction of sp³-hybridized carbons (Fsp3) is 0.500. The van der Waals surface area contributed by atoms with Gasteiger partial charge in [0, 0.05) is 6.54 Å². The van der Waals surface area contributed by atoms with Gasteiger partial charge in [-0.15, -0.1) is 0 Å². The average Bonchev–Trinajstić information content (AvgIpc) is 2.55. The largest absolute Gasteiger partial charge is 0.380 e. The van der Waals surface area contributed by atoms with Crippen LogP contribution < -0.4 is 10.6 Å². The molecule has 0 aromatic heterocycles. The van der Waals surface area contributed by atoms with Gasteiger partial charge >= 0.3 is 0 Å². The highest BCUT2D eigenvalue weighted by Crippen LogP contribution is 2.41.